The van der Waals surface area contributed by atoms with E-state index in [2.05, 4.69) is 64.7 Å². The van der Waals surface area contributed by atoms with E-state index < -0.39 is 36.1 Å². The Morgan fingerprint density at radius 2 is 1.03 bits per heavy atom. The number of H-pyrrole nitrogens is 2. The number of nitrogens with zero attached hydrogens (tertiary/aromatic N) is 6. The molecule has 16 heteroatoms. The minimum Gasteiger partial charge on any atom is -0.486 e. The molecule has 0 bridgehead atoms. The first-order chi connectivity index (χ1) is 32.0. The van der Waals surface area contributed by atoms with Crippen molar-refractivity contribution in [3.63, 3.8) is 0 Å². The molecule has 66 heavy (non-hydrogen) atoms. The molecule has 4 aromatic carbocycles. The second-order valence-electron chi connectivity index (χ2n) is 16.1. The first-order valence-corrected chi connectivity index (χ1v) is 21.7. The van der Waals surface area contributed by atoms with Crippen LogP contribution in [-0.2, 0) is 22.4 Å². The van der Waals surface area contributed by atoms with Gasteiger partial charge in [0.2, 0.25) is 11.6 Å². The van der Waals surface area contributed by atoms with Crippen molar-refractivity contribution in [3.05, 3.63) is 143 Å². The fourth-order valence-electron chi connectivity index (χ4n) is 7.56. The molecule has 0 radical (unpaired) electrons. The van der Waals surface area contributed by atoms with Crippen molar-refractivity contribution in [1.29, 1.82) is 0 Å². The van der Waals surface area contributed by atoms with Gasteiger partial charge in [-0.25, -0.2) is 9.97 Å². The van der Waals surface area contributed by atoms with Gasteiger partial charge in [0, 0.05) is 50.9 Å². The topological polar surface area (TPSA) is 200 Å². The third kappa shape index (κ3) is 10.4. The van der Waals surface area contributed by atoms with Crippen LogP contribution in [0.4, 0.5) is 11.4 Å². The Hall–Kier alpha value is -8.24. The fourth-order valence-corrected chi connectivity index (χ4v) is 7.56. The highest BCUT2D eigenvalue weighted by Crippen LogP contribution is 2.35. The highest BCUT2D eigenvalue weighted by atomic mass is 16.5. The van der Waals surface area contributed by atoms with E-state index in [9.17, 15) is 19.2 Å². The zero-order valence-corrected chi connectivity index (χ0v) is 36.9. The van der Waals surface area contributed by atoms with Gasteiger partial charge in [-0.15, -0.1) is 10.2 Å². The molecule has 4 atom stereocenters. The van der Waals surface area contributed by atoms with E-state index >= 15 is 0 Å². The van der Waals surface area contributed by atoms with Crippen LogP contribution in [0.15, 0.2) is 97.1 Å². The lowest BCUT2D eigenvalue weighted by atomic mass is 10.1. The number of nitrogens with one attached hydrogen (secondary N) is 4. The molecule has 0 unspecified atom stereocenters. The SMILES string of the molecule is C[C@H]1Oc2ccc(C#CCCCCC#Cc3ccc4c(c3)N(C)C(=O)[C@@H](NC(=O)c3n[nH]c(Cc5ccccc5)n3)[C@@H](C)O4)cc2N(C)C(=O)[C@H]1NC(=O)c1n[nH]c(Cc2ccccc2)n1. The molecule has 8 rings (SSSR count). The van der Waals surface area contributed by atoms with Gasteiger partial charge < -0.3 is 29.9 Å². The number of unbranched alkanes of at least 4 members (excludes halogenated alkanes) is 3. The Labute approximate surface area is 381 Å². The maximum atomic E-state index is 13.7. The fraction of sp³-hybridized carbons (Fsp3) is 0.280. The molecule has 334 valence electrons. The first-order valence-electron chi connectivity index (χ1n) is 21.7. The molecule has 0 saturated heterocycles. The van der Waals surface area contributed by atoms with E-state index in [1.54, 1.807) is 40.1 Å². The van der Waals surface area contributed by atoms with E-state index in [0.717, 1.165) is 35.1 Å². The van der Waals surface area contributed by atoms with E-state index in [0.29, 0.717) is 60.2 Å². The summed E-state index contributed by atoms with van der Waals surface area (Å²) < 4.78 is 12.3. The van der Waals surface area contributed by atoms with Crippen LogP contribution in [0.25, 0.3) is 0 Å². The molecule has 4 N–H and O–H groups in total. The predicted molar refractivity (Wildman–Crippen MR) is 246 cm³/mol. The second kappa shape index (κ2) is 20.1. The zero-order valence-electron chi connectivity index (χ0n) is 36.9. The van der Waals surface area contributed by atoms with Gasteiger partial charge in [-0.05, 0) is 74.2 Å². The third-order valence-electron chi connectivity index (χ3n) is 11.2. The Kier molecular flexibility index (Phi) is 13.5. The molecular weight excluding hydrogens is 837 g/mol. The second-order valence-corrected chi connectivity index (χ2v) is 16.1. The standard InChI is InChI=1S/C50H48N10O6/c1-31-43(53-47(61)45-51-41(55-57-45)29-33-17-13-9-14-18-33)49(63)59(3)37-27-35(23-25-39(37)65-31)21-11-7-5-6-8-12-22-36-24-26-40-38(28-36)60(4)50(64)44(32(2)66-40)54-48(62)46-52-42(56-58-46)30-34-19-15-10-16-20-34/h9-10,13-20,23-28,31-32,43-44H,5-8,29-30H2,1-4H3,(H,53,61)(H,54,62)(H,51,55,57)(H,52,56,58)/t31-,32-,43+,44+/m1/s1. The van der Waals surface area contributed by atoms with Crippen LogP contribution in [0, 0.1) is 23.7 Å². The monoisotopic (exact) mass is 884 g/mol. The molecule has 2 aliphatic heterocycles. The van der Waals surface area contributed by atoms with Crippen LogP contribution in [-0.4, -0.2) is 92.4 Å². The third-order valence-corrected chi connectivity index (χ3v) is 11.2. The molecule has 4 amide bonds. The van der Waals surface area contributed by atoms with Crippen molar-refractivity contribution in [3.8, 4) is 35.2 Å². The van der Waals surface area contributed by atoms with Gasteiger partial charge in [-0.1, -0.05) is 84.3 Å². The lowest BCUT2D eigenvalue weighted by Gasteiger charge is -2.23. The number of carbonyl (C=O) groups excluding carboxylic acids is 4. The maximum Gasteiger partial charge on any atom is 0.291 e. The van der Waals surface area contributed by atoms with Gasteiger partial charge in [-0.3, -0.25) is 29.4 Å². The lowest BCUT2D eigenvalue weighted by molar-refractivity contribution is -0.122. The Balaban J connectivity index is 0.805. The zero-order chi connectivity index (χ0) is 46.2. The molecule has 0 aliphatic carbocycles. The Morgan fingerprint density at radius 1 is 0.621 bits per heavy atom. The molecule has 0 spiro atoms. The van der Waals surface area contributed by atoms with Crippen molar-refractivity contribution in [1.82, 2.24) is 41.0 Å². The van der Waals surface area contributed by atoms with Gasteiger partial charge in [0.05, 0.1) is 11.4 Å². The molecule has 16 nitrogen and oxygen atoms in total. The summed E-state index contributed by atoms with van der Waals surface area (Å²) in [6, 6.07) is 28.3. The van der Waals surface area contributed by atoms with E-state index in [-0.39, 0.29) is 23.5 Å². The normalized spacial score (nSPS) is 17.6. The lowest BCUT2D eigenvalue weighted by Crippen LogP contribution is -2.53. The van der Waals surface area contributed by atoms with Crippen LogP contribution in [0.1, 0.15) is 94.7 Å². The summed E-state index contributed by atoms with van der Waals surface area (Å²) in [6.07, 6.45) is 2.57. The number of hydrogen-bond acceptors (Lipinski definition) is 10. The minimum absolute atomic E-state index is 0.0599. The van der Waals surface area contributed by atoms with Gasteiger partial charge in [0.25, 0.3) is 23.6 Å². The summed E-state index contributed by atoms with van der Waals surface area (Å²) >= 11 is 0. The highest BCUT2D eigenvalue weighted by molar-refractivity contribution is 6.04. The Bertz CT molecular complexity index is 2680. The number of aromatic nitrogens is 6. The van der Waals surface area contributed by atoms with Crippen LogP contribution >= 0.6 is 0 Å². The number of amides is 4. The molecular formula is C50H48N10O6. The molecule has 6 aromatic rings. The Morgan fingerprint density at radius 3 is 1.44 bits per heavy atom. The van der Waals surface area contributed by atoms with Crippen LogP contribution in [0.2, 0.25) is 0 Å². The average Bonchev–Trinajstić information content (AvgIpc) is 3.98. The summed E-state index contributed by atoms with van der Waals surface area (Å²) in [5.74, 6) is 12.9. The number of fused-ring (bicyclic) bond motifs is 2. The van der Waals surface area contributed by atoms with Gasteiger partial charge in [0.15, 0.2) is 0 Å². The summed E-state index contributed by atoms with van der Waals surface area (Å²) in [6.45, 7) is 3.46. The quantitative estimate of drug-likeness (QED) is 0.0997. The number of benzene rings is 4. The van der Waals surface area contributed by atoms with Gasteiger partial charge in [-0.2, -0.15) is 0 Å². The molecule has 0 saturated carbocycles. The van der Waals surface area contributed by atoms with Crippen LogP contribution < -0.4 is 29.9 Å². The number of aromatic amines is 2. The number of ether oxygens (including phenoxy) is 2. The van der Waals surface area contributed by atoms with Crippen molar-refractivity contribution in [2.24, 2.45) is 0 Å². The van der Waals surface area contributed by atoms with Crippen molar-refractivity contribution < 1.29 is 28.7 Å². The summed E-state index contributed by atoms with van der Waals surface area (Å²) in [5, 5.41) is 19.3. The average molecular weight is 885 g/mol. The van der Waals surface area contributed by atoms with Crippen molar-refractivity contribution in [2.45, 2.75) is 76.7 Å². The number of hydrogen-bond donors (Lipinski definition) is 4. The smallest absolute Gasteiger partial charge is 0.291 e. The first kappa shape index (κ1) is 44.4. The number of likely N-dealkylation sites (N-methyl/N-ethyl adjacent to an activating group) is 2. The van der Waals surface area contributed by atoms with Gasteiger partial charge in [0.1, 0.15) is 47.4 Å². The summed E-state index contributed by atoms with van der Waals surface area (Å²) in [5.41, 5.74) is 4.58. The number of rotatable bonds is 11. The highest BCUT2D eigenvalue weighted by Gasteiger charge is 2.38. The summed E-state index contributed by atoms with van der Waals surface area (Å²) in [4.78, 5) is 65.2. The molecule has 2 aliphatic rings. The molecule has 2 aromatic heterocycles. The van der Waals surface area contributed by atoms with Crippen LogP contribution in [0.3, 0.4) is 0 Å². The minimum atomic E-state index is -0.982. The summed E-state index contributed by atoms with van der Waals surface area (Å²) in [7, 11) is 3.29. The number of anilines is 2. The van der Waals surface area contributed by atoms with E-state index in [1.807, 2.05) is 84.9 Å². The van der Waals surface area contributed by atoms with Gasteiger partial charge >= 0.3 is 0 Å². The van der Waals surface area contributed by atoms with E-state index in [1.165, 1.54) is 9.80 Å². The van der Waals surface area contributed by atoms with Crippen molar-refractivity contribution in [2.75, 3.05) is 23.9 Å². The van der Waals surface area contributed by atoms with Crippen LogP contribution in [0.5, 0.6) is 11.5 Å². The number of carbonyl (C=O) groups is 4. The van der Waals surface area contributed by atoms with E-state index in [4.69, 9.17) is 9.47 Å². The molecule has 4 heterocycles. The predicted octanol–water partition coefficient (Wildman–Crippen LogP) is 5.15. The molecule has 0 fully saturated rings. The van der Waals surface area contributed by atoms with Crippen molar-refractivity contribution >= 4 is 35.0 Å². The largest absolute Gasteiger partial charge is 0.486 e. The maximum absolute atomic E-state index is 13.7.